The summed E-state index contributed by atoms with van der Waals surface area (Å²) in [5, 5.41) is 4.06. The number of Topliss-reactive ketones (excluding diaryl/α,β-unsaturated/α-hetero) is 1. The molecule has 0 amide bonds. The van der Waals surface area contributed by atoms with Gasteiger partial charge >= 0.3 is 0 Å². The van der Waals surface area contributed by atoms with Gasteiger partial charge in [0, 0.05) is 44.0 Å². The first-order valence-corrected chi connectivity index (χ1v) is 7.75. The van der Waals surface area contributed by atoms with Crippen LogP contribution in [-0.2, 0) is 7.05 Å². The minimum Gasteiger partial charge on any atom is -0.481 e. The molecule has 1 aliphatic rings. The van der Waals surface area contributed by atoms with Crippen molar-refractivity contribution in [3.8, 4) is 5.88 Å². The van der Waals surface area contributed by atoms with E-state index in [2.05, 4.69) is 20.0 Å². The van der Waals surface area contributed by atoms with E-state index in [1.54, 1.807) is 30.3 Å². The van der Waals surface area contributed by atoms with Crippen LogP contribution >= 0.6 is 0 Å². The fourth-order valence-electron chi connectivity index (χ4n) is 2.97. The Morgan fingerprint density at radius 1 is 1.43 bits per heavy atom. The molecule has 3 rings (SSSR count). The molecule has 0 radical (unpaired) electrons. The number of aryl methyl sites for hydroxylation is 2. The molecule has 1 saturated heterocycles. The van der Waals surface area contributed by atoms with E-state index in [-0.39, 0.29) is 11.8 Å². The molecule has 7 heteroatoms. The van der Waals surface area contributed by atoms with Crippen LogP contribution in [0.15, 0.2) is 18.5 Å². The molecule has 0 aliphatic carbocycles. The van der Waals surface area contributed by atoms with Crippen LogP contribution in [0.25, 0.3) is 0 Å². The summed E-state index contributed by atoms with van der Waals surface area (Å²) < 4.78 is 6.87. The summed E-state index contributed by atoms with van der Waals surface area (Å²) in [4.78, 5) is 23.5. The van der Waals surface area contributed by atoms with Gasteiger partial charge in [0.1, 0.15) is 0 Å². The molecule has 3 heterocycles. The predicted molar refractivity (Wildman–Crippen MR) is 85.8 cm³/mol. The van der Waals surface area contributed by atoms with Gasteiger partial charge in [0.15, 0.2) is 5.78 Å². The van der Waals surface area contributed by atoms with Crippen LogP contribution in [0.4, 0.5) is 5.95 Å². The predicted octanol–water partition coefficient (Wildman–Crippen LogP) is 1.77. The van der Waals surface area contributed by atoms with Crippen molar-refractivity contribution < 1.29 is 9.53 Å². The van der Waals surface area contributed by atoms with Gasteiger partial charge in [0.2, 0.25) is 11.8 Å². The van der Waals surface area contributed by atoms with E-state index in [0.717, 1.165) is 25.1 Å². The summed E-state index contributed by atoms with van der Waals surface area (Å²) in [7, 11) is 3.41. The topological polar surface area (TPSA) is 73.1 Å². The monoisotopic (exact) mass is 315 g/mol. The van der Waals surface area contributed by atoms with Crippen molar-refractivity contribution >= 4 is 11.7 Å². The van der Waals surface area contributed by atoms with Crippen molar-refractivity contribution in [2.75, 3.05) is 18.6 Å². The van der Waals surface area contributed by atoms with Gasteiger partial charge in [-0.1, -0.05) is 0 Å². The summed E-state index contributed by atoms with van der Waals surface area (Å²) in [6.07, 6.45) is 5.82. The summed E-state index contributed by atoms with van der Waals surface area (Å²) in [5.41, 5.74) is 1.51. The Morgan fingerprint density at radius 3 is 2.96 bits per heavy atom. The molecule has 1 fully saturated rings. The second-order valence-corrected chi connectivity index (χ2v) is 5.87. The molecule has 1 aliphatic heterocycles. The second-order valence-electron chi connectivity index (χ2n) is 5.87. The van der Waals surface area contributed by atoms with Gasteiger partial charge in [-0.15, -0.1) is 0 Å². The van der Waals surface area contributed by atoms with Gasteiger partial charge in [-0.2, -0.15) is 10.1 Å². The minimum absolute atomic E-state index is 0.106. The Bertz CT molecular complexity index is 712. The Labute approximate surface area is 135 Å². The molecule has 0 unspecified atom stereocenters. The van der Waals surface area contributed by atoms with Crippen LogP contribution in [0.1, 0.15) is 35.3 Å². The van der Waals surface area contributed by atoms with Crippen LogP contribution < -0.4 is 9.64 Å². The van der Waals surface area contributed by atoms with Crippen LogP contribution in [0.3, 0.4) is 0 Å². The third-order valence-corrected chi connectivity index (χ3v) is 4.11. The molecule has 122 valence electrons. The van der Waals surface area contributed by atoms with Crippen LogP contribution in [0.2, 0.25) is 0 Å². The summed E-state index contributed by atoms with van der Waals surface area (Å²) >= 11 is 0. The van der Waals surface area contributed by atoms with Crippen molar-refractivity contribution in [2.45, 2.75) is 32.2 Å². The zero-order valence-electron chi connectivity index (χ0n) is 13.7. The standard InChI is InChI=1S/C16H21N5O2/c1-11-7-15(23-3)19-16(18-11)21-6-4-5-13(21)8-14(22)12-9-17-20(2)10-12/h7,9-10,13H,4-6,8H2,1-3H3/t13-/m1/s1. The number of aromatic nitrogens is 4. The normalized spacial score (nSPS) is 17.5. The highest BCUT2D eigenvalue weighted by Crippen LogP contribution is 2.27. The van der Waals surface area contributed by atoms with E-state index in [1.807, 2.05) is 14.0 Å². The number of anilines is 1. The van der Waals surface area contributed by atoms with E-state index >= 15 is 0 Å². The quantitative estimate of drug-likeness (QED) is 0.783. The molecule has 0 spiro atoms. The van der Waals surface area contributed by atoms with E-state index < -0.39 is 0 Å². The van der Waals surface area contributed by atoms with Crippen LogP contribution in [-0.4, -0.2) is 45.2 Å². The maximum absolute atomic E-state index is 12.4. The first-order chi connectivity index (χ1) is 11.1. The zero-order chi connectivity index (χ0) is 16.4. The number of carbonyl (C=O) groups is 1. The molecule has 0 N–H and O–H groups in total. The highest BCUT2D eigenvalue weighted by molar-refractivity contribution is 5.96. The average molecular weight is 315 g/mol. The number of carbonyl (C=O) groups excluding carboxylic acids is 1. The van der Waals surface area contributed by atoms with Crippen molar-refractivity contribution in [1.82, 2.24) is 19.7 Å². The van der Waals surface area contributed by atoms with Gasteiger partial charge in [0.05, 0.1) is 18.9 Å². The van der Waals surface area contributed by atoms with Crippen LogP contribution in [0.5, 0.6) is 5.88 Å². The summed E-state index contributed by atoms with van der Waals surface area (Å²) in [6.45, 7) is 2.77. The van der Waals surface area contributed by atoms with E-state index in [0.29, 0.717) is 23.8 Å². The molecular formula is C16H21N5O2. The van der Waals surface area contributed by atoms with E-state index in [4.69, 9.17) is 4.74 Å². The maximum Gasteiger partial charge on any atom is 0.229 e. The largest absolute Gasteiger partial charge is 0.481 e. The fraction of sp³-hybridized carbons (Fsp3) is 0.500. The first-order valence-electron chi connectivity index (χ1n) is 7.75. The first kappa shape index (κ1) is 15.5. The van der Waals surface area contributed by atoms with Crippen LogP contribution in [0, 0.1) is 6.92 Å². The molecular weight excluding hydrogens is 294 g/mol. The smallest absolute Gasteiger partial charge is 0.229 e. The van der Waals surface area contributed by atoms with Crippen molar-refractivity contribution in [3.05, 3.63) is 29.7 Å². The van der Waals surface area contributed by atoms with Gasteiger partial charge in [-0.05, 0) is 19.8 Å². The maximum atomic E-state index is 12.4. The highest BCUT2D eigenvalue weighted by atomic mass is 16.5. The summed E-state index contributed by atoms with van der Waals surface area (Å²) in [6, 6.07) is 1.92. The lowest BCUT2D eigenvalue weighted by molar-refractivity contribution is 0.0974. The molecule has 0 bridgehead atoms. The molecule has 0 aromatic carbocycles. The highest BCUT2D eigenvalue weighted by Gasteiger charge is 2.29. The average Bonchev–Trinajstić information content (AvgIpc) is 3.15. The number of hydrogen-bond acceptors (Lipinski definition) is 6. The zero-order valence-corrected chi connectivity index (χ0v) is 13.7. The van der Waals surface area contributed by atoms with E-state index in [9.17, 15) is 4.79 Å². The van der Waals surface area contributed by atoms with Crippen molar-refractivity contribution in [1.29, 1.82) is 0 Å². The Morgan fingerprint density at radius 2 is 2.26 bits per heavy atom. The van der Waals surface area contributed by atoms with Gasteiger partial charge < -0.3 is 9.64 Å². The molecule has 7 nitrogen and oxygen atoms in total. The molecule has 1 atom stereocenters. The number of ketones is 1. The van der Waals surface area contributed by atoms with Crippen molar-refractivity contribution in [2.24, 2.45) is 7.05 Å². The minimum atomic E-state index is 0.106. The lowest BCUT2D eigenvalue weighted by Gasteiger charge is -2.24. The third-order valence-electron chi connectivity index (χ3n) is 4.11. The Kier molecular flexibility index (Phi) is 4.27. The fourth-order valence-corrected chi connectivity index (χ4v) is 2.97. The second kappa shape index (κ2) is 6.36. The van der Waals surface area contributed by atoms with E-state index in [1.165, 1.54) is 0 Å². The van der Waals surface area contributed by atoms with Gasteiger partial charge in [-0.3, -0.25) is 9.48 Å². The molecule has 2 aromatic rings. The SMILES string of the molecule is COc1cc(C)nc(N2CCC[C@@H]2CC(=O)c2cnn(C)c2)n1. The number of hydrogen-bond donors (Lipinski definition) is 0. The number of methoxy groups -OCH3 is 1. The lowest BCUT2D eigenvalue weighted by atomic mass is 10.0. The Balaban J connectivity index is 1.77. The van der Waals surface area contributed by atoms with Gasteiger partial charge in [0.25, 0.3) is 0 Å². The Hall–Kier alpha value is -2.44. The number of nitrogens with zero attached hydrogens (tertiary/aromatic N) is 5. The molecule has 0 saturated carbocycles. The van der Waals surface area contributed by atoms with Gasteiger partial charge in [-0.25, -0.2) is 4.98 Å². The lowest BCUT2D eigenvalue weighted by Crippen LogP contribution is -2.32. The number of ether oxygens (including phenoxy) is 1. The summed E-state index contributed by atoms with van der Waals surface area (Å²) in [5.74, 6) is 1.30. The van der Waals surface area contributed by atoms with Crippen molar-refractivity contribution in [3.63, 3.8) is 0 Å². The third kappa shape index (κ3) is 3.33. The number of rotatable bonds is 5. The molecule has 23 heavy (non-hydrogen) atoms. The molecule has 2 aromatic heterocycles.